The minimum absolute atomic E-state index is 0.288. The first-order valence-corrected chi connectivity index (χ1v) is 6.27. The van der Waals surface area contributed by atoms with Crippen molar-refractivity contribution in [2.24, 2.45) is 0 Å². The maximum atomic E-state index is 13.0. The second-order valence-corrected chi connectivity index (χ2v) is 4.27. The van der Waals surface area contributed by atoms with E-state index >= 15 is 0 Å². The van der Waals surface area contributed by atoms with Gasteiger partial charge < -0.3 is 5.32 Å². The summed E-state index contributed by atoms with van der Waals surface area (Å²) < 4.78 is 25.9. The van der Waals surface area contributed by atoms with Gasteiger partial charge in [-0.1, -0.05) is 0 Å². The highest BCUT2D eigenvalue weighted by Crippen LogP contribution is 2.22. The lowest BCUT2D eigenvalue weighted by Gasteiger charge is -2.05. The minimum atomic E-state index is -1.36. The quantitative estimate of drug-likeness (QED) is 0.507. The third kappa shape index (κ3) is 3.39. The van der Waals surface area contributed by atoms with Gasteiger partial charge in [-0.15, -0.1) is 0 Å². The number of halogens is 2. The molecule has 5 nitrogen and oxygen atoms in total. The monoisotopic (exact) mass is 276 g/mol. The molecule has 0 atom stereocenters. The van der Waals surface area contributed by atoms with Crippen LogP contribution in [0.25, 0.3) is 0 Å². The molecule has 1 aromatic carbocycles. The van der Waals surface area contributed by atoms with Crippen molar-refractivity contribution in [1.82, 2.24) is 5.32 Å². The van der Waals surface area contributed by atoms with Crippen LogP contribution in [-0.4, -0.2) is 29.4 Å². The zero-order valence-electron chi connectivity index (χ0n) is 9.41. The van der Waals surface area contributed by atoms with Gasteiger partial charge in [0.1, 0.15) is 5.56 Å². The summed E-state index contributed by atoms with van der Waals surface area (Å²) in [4.78, 5) is 21.3. The van der Waals surface area contributed by atoms with Gasteiger partial charge in [-0.05, 0) is 12.3 Å². The molecule has 0 saturated heterocycles. The van der Waals surface area contributed by atoms with Crippen LogP contribution in [0.1, 0.15) is 10.4 Å². The standard InChI is InChI=1S/C10H10F2N2O3S/c1-18-3-2-13-10(15)6-4-7(11)8(12)5-9(6)14(16)17/h4-5H,2-3H2,1H3,(H,13,15). The maximum absolute atomic E-state index is 13.0. The van der Waals surface area contributed by atoms with Crippen LogP contribution in [0.5, 0.6) is 0 Å². The van der Waals surface area contributed by atoms with Gasteiger partial charge in [-0.3, -0.25) is 14.9 Å². The molecule has 0 aromatic heterocycles. The summed E-state index contributed by atoms with van der Waals surface area (Å²) in [5.74, 6) is -2.84. The molecule has 0 aliphatic rings. The van der Waals surface area contributed by atoms with Gasteiger partial charge in [0.2, 0.25) is 0 Å². The van der Waals surface area contributed by atoms with E-state index in [9.17, 15) is 23.7 Å². The van der Waals surface area contributed by atoms with Crippen molar-refractivity contribution < 1.29 is 18.5 Å². The van der Waals surface area contributed by atoms with Gasteiger partial charge in [-0.25, -0.2) is 8.78 Å². The van der Waals surface area contributed by atoms with Crippen LogP contribution in [0.15, 0.2) is 12.1 Å². The number of hydrogen-bond acceptors (Lipinski definition) is 4. The van der Waals surface area contributed by atoms with E-state index in [1.807, 2.05) is 6.26 Å². The second-order valence-electron chi connectivity index (χ2n) is 3.29. The van der Waals surface area contributed by atoms with Gasteiger partial charge in [0.15, 0.2) is 11.6 Å². The summed E-state index contributed by atoms with van der Waals surface area (Å²) >= 11 is 1.47. The highest BCUT2D eigenvalue weighted by atomic mass is 32.2. The van der Waals surface area contributed by atoms with E-state index in [0.29, 0.717) is 17.9 Å². The van der Waals surface area contributed by atoms with Crippen molar-refractivity contribution in [3.05, 3.63) is 39.4 Å². The van der Waals surface area contributed by atoms with E-state index in [1.54, 1.807) is 0 Å². The number of nitro benzene ring substituents is 1. The van der Waals surface area contributed by atoms with Gasteiger partial charge in [0.25, 0.3) is 11.6 Å². The fourth-order valence-corrected chi connectivity index (χ4v) is 1.54. The molecule has 0 unspecified atom stereocenters. The molecule has 0 aliphatic carbocycles. The zero-order valence-corrected chi connectivity index (χ0v) is 10.2. The lowest BCUT2D eigenvalue weighted by atomic mass is 10.1. The van der Waals surface area contributed by atoms with Crippen molar-refractivity contribution >= 4 is 23.4 Å². The smallest absolute Gasteiger partial charge is 0.285 e. The predicted octanol–water partition coefficient (Wildman–Crippen LogP) is 1.97. The number of amides is 1. The molecule has 1 aromatic rings. The highest BCUT2D eigenvalue weighted by Gasteiger charge is 2.23. The third-order valence-corrected chi connectivity index (χ3v) is 2.68. The van der Waals surface area contributed by atoms with Gasteiger partial charge in [0, 0.05) is 12.3 Å². The number of carbonyl (C=O) groups excluding carboxylic acids is 1. The first-order chi connectivity index (χ1) is 8.47. The van der Waals surface area contributed by atoms with Gasteiger partial charge >= 0.3 is 0 Å². The first kappa shape index (κ1) is 14.4. The van der Waals surface area contributed by atoms with Crippen LogP contribution in [0.4, 0.5) is 14.5 Å². The number of nitro groups is 1. The van der Waals surface area contributed by atoms with Crippen molar-refractivity contribution in [3.63, 3.8) is 0 Å². The average molecular weight is 276 g/mol. The zero-order chi connectivity index (χ0) is 13.7. The van der Waals surface area contributed by atoms with Crippen molar-refractivity contribution in [1.29, 1.82) is 0 Å². The Hall–Kier alpha value is -1.70. The minimum Gasteiger partial charge on any atom is -0.351 e. The summed E-state index contributed by atoms with van der Waals surface area (Å²) in [7, 11) is 0. The molecule has 98 valence electrons. The Kier molecular flexibility index (Phi) is 5.02. The molecule has 18 heavy (non-hydrogen) atoms. The first-order valence-electron chi connectivity index (χ1n) is 4.88. The van der Waals surface area contributed by atoms with Gasteiger partial charge in [0.05, 0.1) is 11.0 Å². The summed E-state index contributed by atoms with van der Waals surface area (Å²) in [5, 5.41) is 13.0. The number of carbonyl (C=O) groups is 1. The fourth-order valence-electron chi connectivity index (χ4n) is 1.23. The number of nitrogens with one attached hydrogen (secondary N) is 1. The van der Waals surface area contributed by atoms with Crippen LogP contribution >= 0.6 is 11.8 Å². The normalized spacial score (nSPS) is 10.2. The van der Waals surface area contributed by atoms with Crippen LogP contribution in [0, 0.1) is 21.7 Å². The van der Waals surface area contributed by atoms with E-state index in [0.717, 1.165) is 0 Å². The lowest BCUT2D eigenvalue weighted by Crippen LogP contribution is -2.26. The van der Waals surface area contributed by atoms with E-state index in [-0.39, 0.29) is 6.54 Å². The predicted molar refractivity (Wildman–Crippen MR) is 63.7 cm³/mol. The van der Waals surface area contributed by atoms with Crippen LogP contribution in [0.2, 0.25) is 0 Å². The third-order valence-electron chi connectivity index (χ3n) is 2.07. The Labute approximate surface area is 106 Å². The summed E-state index contributed by atoms with van der Waals surface area (Å²) in [6.45, 7) is 0.288. The Balaban J connectivity index is 3.02. The topological polar surface area (TPSA) is 72.2 Å². The van der Waals surface area contributed by atoms with Crippen molar-refractivity contribution in [2.75, 3.05) is 18.6 Å². The molecular weight excluding hydrogens is 266 g/mol. The Bertz CT molecular complexity index is 482. The van der Waals surface area contributed by atoms with E-state index < -0.39 is 33.7 Å². The SMILES string of the molecule is CSCCNC(=O)c1cc(F)c(F)cc1[N+](=O)[O-]. The molecule has 0 saturated carbocycles. The average Bonchev–Trinajstić information content (AvgIpc) is 2.32. The summed E-state index contributed by atoms with van der Waals surface area (Å²) in [6, 6.07) is 0.931. The summed E-state index contributed by atoms with van der Waals surface area (Å²) in [6.07, 6.45) is 1.83. The summed E-state index contributed by atoms with van der Waals surface area (Å²) in [5.41, 5.74) is -1.24. The van der Waals surface area contributed by atoms with E-state index in [2.05, 4.69) is 5.32 Å². The Morgan fingerprint density at radius 3 is 2.61 bits per heavy atom. The lowest BCUT2D eigenvalue weighted by molar-refractivity contribution is -0.385. The highest BCUT2D eigenvalue weighted by molar-refractivity contribution is 7.98. The Morgan fingerprint density at radius 2 is 2.06 bits per heavy atom. The molecule has 0 bridgehead atoms. The van der Waals surface area contributed by atoms with Crippen LogP contribution < -0.4 is 5.32 Å². The molecule has 0 fully saturated rings. The molecule has 0 heterocycles. The number of benzene rings is 1. The maximum Gasteiger partial charge on any atom is 0.285 e. The molecular formula is C10H10F2N2O3S. The molecule has 0 spiro atoms. The van der Waals surface area contributed by atoms with Crippen LogP contribution in [-0.2, 0) is 0 Å². The van der Waals surface area contributed by atoms with Crippen molar-refractivity contribution in [2.45, 2.75) is 0 Å². The molecule has 8 heteroatoms. The molecule has 0 aliphatic heterocycles. The molecule has 1 amide bonds. The second kappa shape index (κ2) is 6.29. The largest absolute Gasteiger partial charge is 0.351 e. The molecule has 1 rings (SSSR count). The number of thioether (sulfide) groups is 1. The van der Waals surface area contributed by atoms with E-state index in [4.69, 9.17) is 0 Å². The number of nitrogens with zero attached hydrogens (tertiary/aromatic N) is 1. The fraction of sp³-hybridized carbons (Fsp3) is 0.300. The number of hydrogen-bond donors (Lipinski definition) is 1. The van der Waals surface area contributed by atoms with Crippen molar-refractivity contribution in [3.8, 4) is 0 Å². The number of rotatable bonds is 5. The molecule has 0 radical (unpaired) electrons. The van der Waals surface area contributed by atoms with Gasteiger partial charge in [-0.2, -0.15) is 11.8 Å². The Morgan fingerprint density at radius 1 is 1.44 bits per heavy atom. The van der Waals surface area contributed by atoms with E-state index in [1.165, 1.54) is 11.8 Å². The van der Waals surface area contributed by atoms with Crippen LogP contribution in [0.3, 0.4) is 0 Å². The molecule has 1 N–H and O–H groups in total.